The van der Waals surface area contributed by atoms with Crippen LogP contribution in [0.5, 0.6) is 0 Å². The van der Waals surface area contributed by atoms with Crippen molar-refractivity contribution in [1.82, 2.24) is 15.0 Å². The molecule has 9 aromatic carbocycles. The van der Waals surface area contributed by atoms with Gasteiger partial charge in [-0.1, -0.05) is 188 Å². The van der Waals surface area contributed by atoms with Crippen molar-refractivity contribution < 1.29 is 0 Å². The molecule has 0 radical (unpaired) electrons. The maximum absolute atomic E-state index is 9.30. The first-order valence-corrected chi connectivity index (χ1v) is 20.1. The molecule has 0 N–H and O–H groups in total. The topological polar surface area (TPSA) is 62.5 Å². The maximum atomic E-state index is 9.30. The number of benzene rings is 9. The summed E-state index contributed by atoms with van der Waals surface area (Å²) in [7, 11) is 0. The van der Waals surface area contributed by atoms with Gasteiger partial charge >= 0.3 is 0 Å². The van der Waals surface area contributed by atoms with E-state index in [4.69, 9.17) is 15.0 Å². The summed E-state index contributed by atoms with van der Waals surface area (Å²) in [4.78, 5) is 14.8. The summed E-state index contributed by atoms with van der Waals surface area (Å²) in [6, 6.07) is 74.3. The molecule has 1 aromatic heterocycles. The van der Waals surface area contributed by atoms with Crippen LogP contribution in [0.25, 0.3) is 112 Å². The smallest absolute Gasteiger partial charge is 0.164 e. The Balaban J connectivity index is 0.993. The molecule has 1 aliphatic carbocycles. The molecule has 4 nitrogen and oxygen atoms in total. The number of nitrogens with zero attached hydrogens (tertiary/aromatic N) is 4. The molecule has 0 saturated heterocycles. The van der Waals surface area contributed by atoms with E-state index in [-0.39, 0.29) is 0 Å². The summed E-state index contributed by atoms with van der Waals surface area (Å²) < 4.78 is 0. The molecule has 1 aliphatic rings. The highest BCUT2D eigenvalue weighted by Gasteiger charge is 2.25. The predicted octanol–water partition coefficient (Wildman–Crippen LogP) is 14.2. The lowest BCUT2D eigenvalue weighted by atomic mass is 9.87. The molecular formula is C56H34N4. The molecule has 0 saturated carbocycles. The Morgan fingerprint density at radius 2 is 0.633 bits per heavy atom. The van der Waals surface area contributed by atoms with Gasteiger partial charge in [-0.2, -0.15) is 5.26 Å². The summed E-state index contributed by atoms with van der Waals surface area (Å²) >= 11 is 0. The molecule has 278 valence electrons. The number of hydrogen-bond donors (Lipinski definition) is 0. The van der Waals surface area contributed by atoms with E-state index in [0.717, 1.165) is 50.1 Å². The Kier molecular flexibility index (Phi) is 8.50. The first kappa shape index (κ1) is 34.9. The molecule has 0 spiro atoms. The van der Waals surface area contributed by atoms with Gasteiger partial charge in [0, 0.05) is 16.7 Å². The van der Waals surface area contributed by atoms with E-state index in [9.17, 15) is 5.26 Å². The fraction of sp³-hybridized carbons (Fsp3) is 0. The minimum atomic E-state index is 0.634. The van der Waals surface area contributed by atoms with Gasteiger partial charge in [0.1, 0.15) is 0 Å². The van der Waals surface area contributed by atoms with Crippen LogP contribution < -0.4 is 0 Å². The molecule has 1 heterocycles. The Bertz CT molecular complexity index is 3190. The predicted molar refractivity (Wildman–Crippen MR) is 245 cm³/mol. The molecule has 0 aliphatic heterocycles. The Morgan fingerprint density at radius 3 is 1.17 bits per heavy atom. The van der Waals surface area contributed by atoms with Crippen molar-refractivity contribution in [3.63, 3.8) is 0 Å². The second-order valence-electron chi connectivity index (χ2n) is 15.1. The van der Waals surface area contributed by atoms with Crippen molar-refractivity contribution in [2.24, 2.45) is 0 Å². The first-order valence-electron chi connectivity index (χ1n) is 20.1. The summed E-state index contributed by atoms with van der Waals surface area (Å²) in [5, 5.41) is 11.8. The zero-order valence-electron chi connectivity index (χ0n) is 32.4. The van der Waals surface area contributed by atoms with Crippen LogP contribution in [0.1, 0.15) is 5.56 Å². The van der Waals surface area contributed by atoms with Gasteiger partial charge in [0.2, 0.25) is 0 Å². The fourth-order valence-corrected chi connectivity index (χ4v) is 8.57. The lowest BCUT2D eigenvalue weighted by Crippen LogP contribution is -2.00. The van der Waals surface area contributed by atoms with Crippen LogP contribution in [0.2, 0.25) is 0 Å². The Labute approximate surface area is 348 Å². The summed E-state index contributed by atoms with van der Waals surface area (Å²) in [5.41, 5.74) is 17.7. The standard InChI is InChI=1S/C56H34N4/c57-35-36-18-20-37(21-19-36)38-22-26-40(27-23-38)46-30-32-50-48-16-7-8-17-49(48)51-33-31-47(52(46)53(50)51)45-15-9-14-44(34-45)39-24-28-43(29-25-39)56-59-54(41-10-3-1-4-11-41)58-55(60-56)42-12-5-2-6-13-42/h1-34H. The Hall–Kier alpha value is -8.26. The number of nitriles is 1. The minimum Gasteiger partial charge on any atom is -0.208 e. The quantitative estimate of drug-likeness (QED) is 0.162. The van der Waals surface area contributed by atoms with Crippen LogP contribution in [0, 0.1) is 11.3 Å². The van der Waals surface area contributed by atoms with Crippen LogP contribution in [0.15, 0.2) is 206 Å². The van der Waals surface area contributed by atoms with E-state index in [2.05, 4.69) is 127 Å². The molecule has 10 aromatic rings. The molecule has 0 amide bonds. The van der Waals surface area contributed by atoms with Crippen LogP contribution in [-0.4, -0.2) is 15.0 Å². The van der Waals surface area contributed by atoms with Gasteiger partial charge in [-0.15, -0.1) is 0 Å². The van der Waals surface area contributed by atoms with Gasteiger partial charge in [-0.3, -0.25) is 0 Å². The van der Waals surface area contributed by atoms with Crippen LogP contribution in [-0.2, 0) is 0 Å². The minimum absolute atomic E-state index is 0.634. The zero-order chi connectivity index (χ0) is 40.0. The molecule has 0 atom stereocenters. The van der Waals surface area contributed by atoms with Crippen molar-refractivity contribution in [3.05, 3.63) is 212 Å². The second-order valence-corrected chi connectivity index (χ2v) is 15.1. The second kappa shape index (κ2) is 14.6. The molecule has 11 rings (SSSR count). The fourth-order valence-electron chi connectivity index (χ4n) is 8.57. The molecular weight excluding hydrogens is 729 g/mol. The van der Waals surface area contributed by atoms with Gasteiger partial charge < -0.3 is 0 Å². The number of rotatable bonds is 7. The van der Waals surface area contributed by atoms with Crippen LogP contribution in [0.4, 0.5) is 0 Å². The third kappa shape index (κ3) is 6.14. The van der Waals surface area contributed by atoms with Crippen LogP contribution >= 0.6 is 0 Å². The largest absolute Gasteiger partial charge is 0.208 e. The summed E-state index contributed by atoms with van der Waals surface area (Å²) in [6.45, 7) is 0. The van der Waals surface area contributed by atoms with Crippen LogP contribution in [0.3, 0.4) is 0 Å². The van der Waals surface area contributed by atoms with E-state index in [1.165, 1.54) is 44.2 Å². The van der Waals surface area contributed by atoms with Crippen molar-refractivity contribution in [2.45, 2.75) is 0 Å². The molecule has 0 unspecified atom stereocenters. The highest BCUT2D eigenvalue weighted by atomic mass is 15.0. The molecule has 60 heavy (non-hydrogen) atoms. The Morgan fingerprint density at radius 1 is 0.267 bits per heavy atom. The number of fused-ring (bicyclic) bond motifs is 3. The van der Waals surface area contributed by atoms with Crippen molar-refractivity contribution in [2.75, 3.05) is 0 Å². The average Bonchev–Trinajstić information content (AvgIpc) is 3.66. The average molecular weight is 763 g/mol. The van der Waals surface area contributed by atoms with E-state index in [1.54, 1.807) is 0 Å². The summed E-state index contributed by atoms with van der Waals surface area (Å²) in [5.74, 6) is 1.92. The van der Waals surface area contributed by atoms with Gasteiger partial charge in [0.25, 0.3) is 0 Å². The number of hydrogen-bond acceptors (Lipinski definition) is 4. The highest BCUT2D eigenvalue weighted by molar-refractivity contribution is 6.22. The van der Waals surface area contributed by atoms with Gasteiger partial charge in [0.15, 0.2) is 17.5 Å². The van der Waals surface area contributed by atoms with E-state index >= 15 is 0 Å². The third-order valence-electron chi connectivity index (χ3n) is 11.6. The van der Waals surface area contributed by atoms with E-state index < -0.39 is 0 Å². The first-order chi connectivity index (χ1) is 29.7. The SMILES string of the molecule is N#Cc1ccc(-c2ccc(-c3ccc4c5c(ccc(-c6cccc(-c7ccc(-c8nc(-c9ccccc9)nc(-c9ccccc9)n8)cc7)c6)c35)-c3ccccc3-4)cc2)cc1. The molecule has 0 bridgehead atoms. The lowest BCUT2D eigenvalue weighted by molar-refractivity contribution is 1.07. The summed E-state index contributed by atoms with van der Waals surface area (Å²) in [6.07, 6.45) is 0. The van der Waals surface area contributed by atoms with Gasteiger partial charge in [0.05, 0.1) is 11.6 Å². The van der Waals surface area contributed by atoms with Gasteiger partial charge in [-0.05, 0) is 95.7 Å². The monoisotopic (exact) mass is 762 g/mol. The lowest BCUT2D eigenvalue weighted by Gasteiger charge is -2.16. The van der Waals surface area contributed by atoms with Crippen molar-refractivity contribution in [3.8, 4) is 107 Å². The molecule has 0 fully saturated rings. The third-order valence-corrected chi connectivity index (χ3v) is 11.6. The maximum Gasteiger partial charge on any atom is 0.164 e. The number of aromatic nitrogens is 3. The highest BCUT2D eigenvalue weighted by Crippen LogP contribution is 2.52. The van der Waals surface area contributed by atoms with E-state index in [0.29, 0.717) is 23.0 Å². The van der Waals surface area contributed by atoms with Crippen molar-refractivity contribution >= 4 is 10.8 Å². The molecule has 4 heteroatoms. The normalized spacial score (nSPS) is 11.3. The van der Waals surface area contributed by atoms with E-state index in [1.807, 2.05) is 84.9 Å². The van der Waals surface area contributed by atoms with Crippen molar-refractivity contribution in [1.29, 1.82) is 5.26 Å². The van der Waals surface area contributed by atoms with Gasteiger partial charge in [-0.25, -0.2) is 15.0 Å². The zero-order valence-corrected chi connectivity index (χ0v) is 32.4.